The minimum absolute atomic E-state index is 0.0682. The number of ether oxygens (including phenoxy) is 1. The number of hydrogen-bond donors (Lipinski definition) is 1. The Kier molecular flexibility index (Phi) is 5.13. The first-order chi connectivity index (χ1) is 9.49. The summed E-state index contributed by atoms with van der Waals surface area (Å²) in [6, 6.07) is 6.15. The molecule has 0 saturated heterocycles. The van der Waals surface area contributed by atoms with Crippen LogP contribution in [0.1, 0.15) is 27.6 Å². The second-order valence-electron chi connectivity index (χ2n) is 4.61. The second kappa shape index (κ2) is 6.48. The van der Waals surface area contributed by atoms with Crippen molar-refractivity contribution >= 4 is 38.9 Å². The highest BCUT2D eigenvalue weighted by Gasteiger charge is 2.23. The van der Waals surface area contributed by atoms with Crippen molar-refractivity contribution in [2.75, 3.05) is 14.2 Å². The van der Waals surface area contributed by atoms with Gasteiger partial charge in [-0.2, -0.15) is 0 Å². The molecule has 0 fully saturated rings. The molecule has 0 aliphatic rings. The second-order valence-corrected chi connectivity index (χ2v) is 7.21. The fraction of sp³-hybridized carbons (Fsp3) is 0.333. The van der Waals surface area contributed by atoms with Crippen LogP contribution in [0.4, 0.5) is 0 Å². The van der Waals surface area contributed by atoms with E-state index in [0.29, 0.717) is 0 Å². The summed E-state index contributed by atoms with van der Waals surface area (Å²) in [5, 5.41) is 3.37. The van der Waals surface area contributed by atoms with Crippen LogP contribution in [0, 0.1) is 13.8 Å². The van der Waals surface area contributed by atoms with Gasteiger partial charge in [0.05, 0.1) is 17.5 Å². The summed E-state index contributed by atoms with van der Waals surface area (Å²) in [5.74, 6) is 0.926. The lowest BCUT2D eigenvalue weighted by Crippen LogP contribution is -2.19. The van der Waals surface area contributed by atoms with Gasteiger partial charge in [0.2, 0.25) is 0 Å². The van der Waals surface area contributed by atoms with Gasteiger partial charge in [-0.05, 0) is 50.2 Å². The maximum Gasteiger partial charge on any atom is 0.127 e. The highest BCUT2D eigenvalue weighted by atomic mass is 79.9. The molecule has 1 unspecified atom stereocenters. The molecule has 0 bridgehead atoms. The molecule has 0 radical (unpaired) electrons. The molecule has 0 saturated carbocycles. The molecule has 0 aliphatic heterocycles. The Bertz CT molecular complexity index is 627. The molecule has 1 heterocycles. The molecule has 2 aromatic rings. The first-order valence-corrected chi connectivity index (χ1v) is 8.24. The standard InChI is InChI=1S/C15H17BrClNOS/c1-8-7-10(16)9(2)13(15(8)19-4)14(18-3)11-5-6-12(17)20-11/h5-7,14,18H,1-4H3. The molecule has 1 aromatic carbocycles. The number of benzene rings is 1. The van der Waals surface area contributed by atoms with Gasteiger partial charge in [-0.15, -0.1) is 11.3 Å². The highest BCUT2D eigenvalue weighted by Crippen LogP contribution is 2.40. The van der Waals surface area contributed by atoms with Crippen LogP contribution < -0.4 is 10.1 Å². The molecule has 0 spiro atoms. The van der Waals surface area contributed by atoms with E-state index in [4.69, 9.17) is 16.3 Å². The molecule has 0 amide bonds. The van der Waals surface area contributed by atoms with Crippen LogP contribution in [0.2, 0.25) is 4.34 Å². The molecular weight excluding hydrogens is 358 g/mol. The van der Waals surface area contributed by atoms with E-state index in [2.05, 4.69) is 47.2 Å². The SMILES string of the molecule is CNC(c1ccc(Cl)s1)c1c(C)c(Br)cc(C)c1OC. The molecule has 1 aromatic heterocycles. The minimum atomic E-state index is 0.0682. The Morgan fingerprint density at radius 1 is 1.35 bits per heavy atom. The van der Waals surface area contributed by atoms with Gasteiger partial charge in [0.25, 0.3) is 0 Å². The zero-order valence-electron chi connectivity index (χ0n) is 11.9. The van der Waals surface area contributed by atoms with Crippen LogP contribution in [0.5, 0.6) is 5.75 Å². The topological polar surface area (TPSA) is 21.3 Å². The summed E-state index contributed by atoms with van der Waals surface area (Å²) in [7, 11) is 3.67. The van der Waals surface area contributed by atoms with Crippen molar-refractivity contribution in [3.63, 3.8) is 0 Å². The third kappa shape index (κ3) is 2.89. The summed E-state index contributed by atoms with van der Waals surface area (Å²) >= 11 is 11.3. The Morgan fingerprint density at radius 2 is 2.05 bits per heavy atom. The van der Waals surface area contributed by atoms with Crippen LogP contribution >= 0.6 is 38.9 Å². The van der Waals surface area contributed by atoms with Crippen molar-refractivity contribution in [1.29, 1.82) is 0 Å². The highest BCUT2D eigenvalue weighted by molar-refractivity contribution is 9.10. The van der Waals surface area contributed by atoms with Crippen LogP contribution in [0.15, 0.2) is 22.7 Å². The zero-order chi connectivity index (χ0) is 14.9. The average molecular weight is 375 g/mol. The molecule has 0 aliphatic carbocycles. The summed E-state index contributed by atoms with van der Waals surface area (Å²) in [4.78, 5) is 1.18. The monoisotopic (exact) mass is 373 g/mol. The molecule has 20 heavy (non-hydrogen) atoms. The van der Waals surface area contributed by atoms with Gasteiger partial charge in [0.1, 0.15) is 5.75 Å². The van der Waals surface area contributed by atoms with Crippen LogP contribution in [0.3, 0.4) is 0 Å². The van der Waals surface area contributed by atoms with Crippen LogP contribution in [0.25, 0.3) is 0 Å². The van der Waals surface area contributed by atoms with Crippen molar-refractivity contribution in [2.45, 2.75) is 19.9 Å². The normalized spacial score (nSPS) is 12.5. The van der Waals surface area contributed by atoms with Gasteiger partial charge in [-0.25, -0.2) is 0 Å². The summed E-state index contributed by atoms with van der Waals surface area (Å²) in [6.07, 6.45) is 0. The third-order valence-electron chi connectivity index (χ3n) is 3.37. The quantitative estimate of drug-likeness (QED) is 0.804. The third-order valence-corrected chi connectivity index (χ3v) is 5.49. The molecule has 1 atom stereocenters. The lowest BCUT2D eigenvalue weighted by molar-refractivity contribution is 0.402. The molecule has 108 valence electrons. The maximum atomic E-state index is 6.08. The maximum absolute atomic E-state index is 6.08. The number of nitrogens with one attached hydrogen (secondary N) is 1. The van der Waals surface area contributed by atoms with Crippen molar-refractivity contribution in [3.05, 3.63) is 48.6 Å². The van der Waals surface area contributed by atoms with E-state index in [-0.39, 0.29) is 6.04 Å². The number of aryl methyl sites for hydroxylation is 1. The van der Waals surface area contributed by atoms with Gasteiger partial charge in [-0.3, -0.25) is 0 Å². The van der Waals surface area contributed by atoms with Crippen molar-refractivity contribution in [3.8, 4) is 5.75 Å². The Morgan fingerprint density at radius 3 is 2.55 bits per heavy atom. The Hall–Kier alpha value is -0.550. The number of thiophene rings is 1. The molecule has 2 nitrogen and oxygen atoms in total. The summed E-state index contributed by atoms with van der Waals surface area (Å²) < 4.78 is 7.52. The lowest BCUT2D eigenvalue weighted by atomic mass is 9.96. The van der Waals surface area contributed by atoms with Crippen molar-refractivity contribution < 1.29 is 4.74 Å². The predicted molar refractivity (Wildman–Crippen MR) is 90.4 cm³/mol. The molecular formula is C15H17BrClNOS. The molecule has 5 heteroatoms. The average Bonchev–Trinajstić information content (AvgIpc) is 2.83. The van der Waals surface area contributed by atoms with E-state index in [1.165, 1.54) is 10.4 Å². The number of rotatable bonds is 4. The first kappa shape index (κ1) is 15.8. The van der Waals surface area contributed by atoms with Crippen LogP contribution in [-0.4, -0.2) is 14.2 Å². The lowest BCUT2D eigenvalue weighted by Gasteiger charge is -2.23. The van der Waals surface area contributed by atoms with Gasteiger partial charge < -0.3 is 10.1 Å². The van der Waals surface area contributed by atoms with E-state index in [9.17, 15) is 0 Å². The Labute approximate surface area is 137 Å². The van der Waals surface area contributed by atoms with Crippen molar-refractivity contribution in [2.24, 2.45) is 0 Å². The zero-order valence-corrected chi connectivity index (χ0v) is 15.0. The predicted octanol–water partition coefficient (Wildman–Crippen LogP) is 5.10. The van der Waals surface area contributed by atoms with Gasteiger partial charge in [0.15, 0.2) is 0 Å². The fourth-order valence-electron chi connectivity index (χ4n) is 2.41. The molecule has 1 N–H and O–H groups in total. The minimum Gasteiger partial charge on any atom is -0.496 e. The Balaban J connectivity index is 2.65. The summed E-state index contributed by atoms with van der Waals surface area (Å²) in [6.45, 7) is 4.15. The van der Waals surface area contributed by atoms with E-state index >= 15 is 0 Å². The number of methoxy groups -OCH3 is 1. The first-order valence-electron chi connectivity index (χ1n) is 6.25. The van der Waals surface area contributed by atoms with E-state index < -0.39 is 0 Å². The van der Waals surface area contributed by atoms with Gasteiger partial charge in [-0.1, -0.05) is 27.5 Å². The largest absolute Gasteiger partial charge is 0.496 e. The van der Waals surface area contributed by atoms with E-state index in [1.54, 1.807) is 18.4 Å². The molecule has 2 rings (SSSR count). The van der Waals surface area contributed by atoms with E-state index in [1.807, 2.05) is 13.1 Å². The fourth-order valence-corrected chi connectivity index (χ4v) is 4.14. The van der Waals surface area contributed by atoms with Gasteiger partial charge >= 0.3 is 0 Å². The summed E-state index contributed by atoms with van der Waals surface area (Å²) in [5.41, 5.74) is 3.44. The van der Waals surface area contributed by atoms with E-state index in [0.717, 1.165) is 25.7 Å². The smallest absolute Gasteiger partial charge is 0.127 e. The number of halogens is 2. The van der Waals surface area contributed by atoms with Gasteiger partial charge in [0, 0.05) is 14.9 Å². The van der Waals surface area contributed by atoms with Crippen LogP contribution in [-0.2, 0) is 0 Å². The van der Waals surface area contributed by atoms with Crippen molar-refractivity contribution in [1.82, 2.24) is 5.32 Å². The number of hydrogen-bond acceptors (Lipinski definition) is 3.